The molecule has 1 saturated heterocycles. The highest BCUT2D eigenvalue weighted by Gasteiger charge is 2.30. The molecule has 0 spiro atoms. The summed E-state index contributed by atoms with van der Waals surface area (Å²) in [6, 6.07) is 14.4. The van der Waals surface area contributed by atoms with Gasteiger partial charge in [0.25, 0.3) is 11.6 Å². The Balaban J connectivity index is 1.47. The van der Waals surface area contributed by atoms with Gasteiger partial charge >= 0.3 is 0 Å². The second-order valence-electron chi connectivity index (χ2n) is 7.85. The van der Waals surface area contributed by atoms with E-state index in [9.17, 15) is 14.9 Å². The highest BCUT2D eigenvalue weighted by atomic mass is 16.6. The van der Waals surface area contributed by atoms with Gasteiger partial charge in [0.15, 0.2) is 17.3 Å². The SMILES string of the molecule is COc1cc(C(=O)N2CCN(c3ccc(-c4ccccc4C)nn3)CC2)c([N+](=O)[O-])cc1OC. The van der Waals surface area contributed by atoms with Crippen molar-refractivity contribution < 1.29 is 19.2 Å². The molecular formula is C24H25N5O5. The van der Waals surface area contributed by atoms with Gasteiger partial charge in [-0.1, -0.05) is 24.3 Å². The molecule has 0 aliphatic carbocycles. The Morgan fingerprint density at radius 2 is 1.65 bits per heavy atom. The van der Waals surface area contributed by atoms with Crippen LogP contribution in [0.2, 0.25) is 0 Å². The summed E-state index contributed by atoms with van der Waals surface area (Å²) in [7, 11) is 2.81. The maximum atomic E-state index is 13.1. The van der Waals surface area contributed by atoms with Gasteiger partial charge in [0.1, 0.15) is 5.56 Å². The smallest absolute Gasteiger partial charge is 0.286 e. The first-order valence-electron chi connectivity index (χ1n) is 10.8. The van der Waals surface area contributed by atoms with Crippen molar-refractivity contribution in [3.05, 3.63) is 69.8 Å². The third kappa shape index (κ3) is 4.47. The number of nitro benzene ring substituents is 1. The lowest BCUT2D eigenvalue weighted by Gasteiger charge is -2.35. The van der Waals surface area contributed by atoms with Crippen molar-refractivity contribution in [3.63, 3.8) is 0 Å². The van der Waals surface area contributed by atoms with Crippen molar-refractivity contribution in [1.29, 1.82) is 0 Å². The molecule has 0 saturated carbocycles. The second-order valence-corrected chi connectivity index (χ2v) is 7.85. The van der Waals surface area contributed by atoms with Crippen molar-refractivity contribution in [2.75, 3.05) is 45.3 Å². The van der Waals surface area contributed by atoms with Gasteiger partial charge in [0.2, 0.25) is 0 Å². The summed E-state index contributed by atoms with van der Waals surface area (Å²) >= 11 is 0. The van der Waals surface area contributed by atoms with Crippen LogP contribution in [0.15, 0.2) is 48.5 Å². The predicted octanol–water partition coefficient (Wildman–Crippen LogP) is 3.34. The minimum Gasteiger partial charge on any atom is -0.493 e. The fourth-order valence-corrected chi connectivity index (χ4v) is 4.00. The quantitative estimate of drug-likeness (QED) is 0.404. The van der Waals surface area contributed by atoms with E-state index in [0.717, 1.165) is 22.6 Å². The number of hydrogen-bond acceptors (Lipinski definition) is 8. The first-order valence-corrected chi connectivity index (χ1v) is 10.8. The number of rotatable bonds is 6. The van der Waals surface area contributed by atoms with E-state index in [1.165, 1.54) is 26.4 Å². The highest BCUT2D eigenvalue weighted by molar-refractivity contribution is 5.99. The van der Waals surface area contributed by atoms with Crippen molar-refractivity contribution in [2.24, 2.45) is 0 Å². The topological polar surface area (TPSA) is 111 Å². The maximum Gasteiger partial charge on any atom is 0.286 e. The molecule has 1 amide bonds. The third-order valence-electron chi connectivity index (χ3n) is 5.89. The van der Waals surface area contributed by atoms with Gasteiger partial charge in [-0.25, -0.2) is 0 Å². The van der Waals surface area contributed by atoms with Crippen LogP contribution in [0, 0.1) is 17.0 Å². The Morgan fingerprint density at radius 3 is 2.24 bits per heavy atom. The fourth-order valence-electron chi connectivity index (χ4n) is 4.00. The Hall–Kier alpha value is -4.21. The number of nitro groups is 1. The molecule has 0 unspecified atom stereocenters. The third-order valence-corrected chi connectivity index (χ3v) is 5.89. The molecule has 0 bridgehead atoms. The summed E-state index contributed by atoms with van der Waals surface area (Å²) in [5, 5.41) is 20.3. The average Bonchev–Trinajstić information content (AvgIpc) is 2.88. The van der Waals surface area contributed by atoms with Gasteiger partial charge in [-0.3, -0.25) is 14.9 Å². The highest BCUT2D eigenvalue weighted by Crippen LogP contribution is 2.35. The number of nitrogens with zero attached hydrogens (tertiary/aromatic N) is 5. The number of amides is 1. The Labute approximate surface area is 196 Å². The van der Waals surface area contributed by atoms with E-state index in [0.29, 0.717) is 26.2 Å². The number of aryl methyl sites for hydroxylation is 1. The Morgan fingerprint density at radius 1 is 0.971 bits per heavy atom. The molecule has 2 aromatic carbocycles. The van der Waals surface area contributed by atoms with E-state index in [-0.39, 0.29) is 22.7 Å². The molecule has 1 aromatic heterocycles. The first-order chi connectivity index (χ1) is 16.4. The number of anilines is 1. The van der Waals surface area contributed by atoms with Crippen molar-refractivity contribution >= 4 is 17.4 Å². The van der Waals surface area contributed by atoms with Crippen LogP contribution in [0.25, 0.3) is 11.3 Å². The molecule has 10 nitrogen and oxygen atoms in total. The van der Waals surface area contributed by atoms with Gasteiger partial charge in [0.05, 0.1) is 30.9 Å². The van der Waals surface area contributed by atoms with Crippen LogP contribution in [0.4, 0.5) is 11.5 Å². The Bertz CT molecular complexity index is 1210. The van der Waals surface area contributed by atoms with Crippen LogP contribution < -0.4 is 14.4 Å². The zero-order valence-electron chi connectivity index (χ0n) is 19.2. The monoisotopic (exact) mass is 463 g/mol. The number of ether oxygens (including phenoxy) is 2. The van der Waals surface area contributed by atoms with Gasteiger partial charge in [-0.05, 0) is 24.6 Å². The molecule has 34 heavy (non-hydrogen) atoms. The Kier molecular flexibility index (Phi) is 6.58. The van der Waals surface area contributed by atoms with Crippen LogP contribution in [-0.2, 0) is 0 Å². The summed E-state index contributed by atoms with van der Waals surface area (Å²) in [6.07, 6.45) is 0. The zero-order chi connectivity index (χ0) is 24.2. The van der Waals surface area contributed by atoms with E-state index < -0.39 is 10.8 Å². The van der Waals surface area contributed by atoms with Crippen molar-refractivity contribution in [3.8, 4) is 22.8 Å². The lowest BCUT2D eigenvalue weighted by molar-refractivity contribution is -0.385. The van der Waals surface area contributed by atoms with Gasteiger partial charge < -0.3 is 19.3 Å². The van der Waals surface area contributed by atoms with Gasteiger partial charge in [0, 0.05) is 37.8 Å². The summed E-state index contributed by atoms with van der Waals surface area (Å²) in [5.41, 5.74) is 2.62. The van der Waals surface area contributed by atoms with Crippen LogP contribution in [0.1, 0.15) is 15.9 Å². The number of methoxy groups -OCH3 is 2. The minimum atomic E-state index is -0.586. The van der Waals surface area contributed by atoms with Gasteiger partial charge in [-0.15, -0.1) is 10.2 Å². The van der Waals surface area contributed by atoms with Crippen molar-refractivity contribution in [2.45, 2.75) is 6.92 Å². The number of piperazine rings is 1. The zero-order valence-corrected chi connectivity index (χ0v) is 19.2. The molecule has 2 heterocycles. The predicted molar refractivity (Wildman–Crippen MR) is 127 cm³/mol. The number of hydrogen-bond donors (Lipinski definition) is 0. The molecular weight excluding hydrogens is 438 g/mol. The molecule has 1 aliphatic heterocycles. The molecule has 1 aliphatic rings. The minimum absolute atomic E-state index is 0.0292. The molecule has 0 N–H and O–H groups in total. The lowest BCUT2D eigenvalue weighted by atomic mass is 10.1. The molecule has 0 radical (unpaired) electrons. The summed E-state index contributed by atoms with van der Waals surface area (Å²) < 4.78 is 10.4. The van der Waals surface area contributed by atoms with Crippen molar-refractivity contribution in [1.82, 2.24) is 15.1 Å². The summed E-state index contributed by atoms with van der Waals surface area (Å²) in [5.74, 6) is 0.761. The molecule has 4 rings (SSSR count). The van der Waals surface area contributed by atoms with Crippen LogP contribution in [0.5, 0.6) is 11.5 Å². The first kappa shape index (κ1) is 23.0. The van der Waals surface area contributed by atoms with Crippen LogP contribution in [0.3, 0.4) is 0 Å². The number of aromatic nitrogens is 2. The summed E-state index contributed by atoms with van der Waals surface area (Å²) in [4.78, 5) is 27.8. The van der Waals surface area contributed by atoms with Crippen LogP contribution >= 0.6 is 0 Å². The van der Waals surface area contributed by atoms with E-state index in [1.807, 2.05) is 48.2 Å². The molecule has 10 heteroatoms. The van der Waals surface area contributed by atoms with E-state index in [2.05, 4.69) is 10.2 Å². The number of carbonyl (C=O) groups excluding carboxylic acids is 1. The normalized spacial score (nSPS) is 13.5. The standard InChI is InChI=1S/C24H25N5O5/c1-16-6-4-5-7-17(16)19-8-9-23(26-25-19)27-10-12-28(13-11-27)24(30)18-14-21(33-2)22(34-3)15-20(18)29(31)32/h4-9,14-15H,10-13H2,1-3H3. The van der Waals surface area contributed by atoms with E-state index >= 15 is 0 Å². The number of carbonyl (C=O) groups is 1. The van der Waals surface area contributed by atoms with E-state index in [1.54, 1.807) is 4.90 Å². The van der Waals surface area contributed by atoms with Gasteiger partial charge in [-0.2, -0.15) is 0 Å². The van der Waals surface area contributed by atoms with E-state index in [4.69, 9.17) is 9.47 Å². The maximum absolute atomic E-state index is 13.1. The number of benzene rings is 2. The molecule has 176 valence electrons. The molecule has 0 atom stereocenters. The fraction of sp³-hybridized carbons (Fsp3) is 0.292. The summed E-state index contributed by atoms with van der Waals surface area (Å²) in [6.45, 7) is 3.89. The molecule has 1 fully saturated rings. The van der Waals surface area contributed by atoms with Crippen LogP contribution in [-0.4, -0.2) is 66.3 Å². The second kappa shape index (κ2) is 9.74. The molecule has 3 aromatic rings. The lowest BCUT2D eigenvalue weighted by Crippen LogP contribution is -2.49. The largest absolute Gasteiger partial charge is 0.493 e. The average molecular weight is 463 g/mol.